The lowest BCUT2D eigenvalue weighted by Gasteiger charge is -2.18. The standard InChI is InChI=1S/C12H14N2O3/c15-9-7-14(5-6-16-8-9)12-13-10-3-1-2-4-11(10)17-12/h1-4,9,15H,5-8H2/t9-/m1/s1. The van der Waals surface area contributed by atoms with Crippen LogP contribution in [-0.4, -0.2) is 42.5 Å². The Morgan fingerprint density at radius 3 is 3.12 bits per heavy atom. The molecule has 1 aromatic carbocycles. The van der Waals surface area contributed by atoms with Crippen LogP contribution < -0.4 is 4.90 Å². The van der Waals surface area contributed by atoms with Crippen LogP contribution in [0.3, 0.4) is 0 Å². The van der Waals surface area contributed by atoms with Crippen molar-refractivity contribution in [3.63, 3.8) is 0 Å². The number of para-hydroxylation sites is 2. The van der Waals surface area contributed by atoms with Crippen molar-refractivity contribution in [2.24, 2.45) is 0 Å². The fraction of sp³-hybridized carbons (Fsp3) is 0.417. The lowest BCUT2D eigenvalue weighted by atomic mass is 10.3. The molecule has 0 radical (unpaired) electrons. The Kier molecular flexibility index (Phi) is 2.70. The van der Waals surface area contributed by atoms with Crippen molar-refractivity contribution in [1.29, 1.82) is 0 Å². The summed E-state index contributed by atoms with van der Waals surface area (Å²) in [6.07, 6.45) is -0.493. The molecule has 0 unspecified atom stereocenters. The summed E-state index contributed by atoms with van der Waals surface area (Å²) in [7, 11) is 0. The Morgan fingerprint density at radius 1 is 1.35 bits per heavy atom. The van der Waals surface area contributed by atoms with E-state index in [-0.39, 0.29) is 0 Å². The summed E-state index contributed by atoms with van der Waals surface area (Å²) >= 11 is 0. The van der Waals surface area contributed by atoms with Crippen LogP contribution in [0.4, 0.5) is 6.01 Å². The molecule has 5 heteroatoms. The number of hydrogen-bond donors (Lipinski definition) is 1. The Labute approximate surface area is 98.6 Å². The molecule has 2 heterocycles. The zero-order valence-corrected chi connectivity index (χ0v) is 9.37. The van der Waals surface area contributed by atoms with Gasteiger partial charge in [0.25, 0.3) is 6.01 Å². The normalized spacial score (nSPS) is 21.7. The van der Waals surface area contributed by atoms with E-state index in [4.69, 9.17) is 9.15 Å². The maximum atomic E-state index is 9.66. The van der Waals surface area contributed by atoms with Gasteiger partial charge in [-0.05, 0) is 12.1 Å². The summed E-state index contributed by atoms with van der Waals surface area (Å²) in [6, 6.07) is 8.19. The zero-order chi connectivity index (χ0) is 11.7. The fourth-order valence-electron chi connectivity index (χ4n) is 1.96. The lowest BCUT2D eigenvalue weighted by Crippen LogP contribution is -2.32. The number of aliphatic hydroxyl groups is 1. The van der Waals surface area contributed by atoms with Gasteiger partial charge in [0, 0.05) is 6.54 Å². The first kappa shape index (κ1) is 10.6. The van der Waals surface area contributed by atoms with Crippen molar-refractivity contribution in [3.8, 4) is 0 Å². The Balaban J connectivity index is 1.91. The summed E-state index contributed by atoms with van der Waals surface area (Å²) in [6.45, 7) is 2.13. The predicted octanol–water partition coefficient (Wildman–Crippen LogP) is 1.03. The van der Waals surface area contributed by atoms with Gasteiger partial charge >= 0.3 is 0 Å². The molecule has 0 amide bonds. The SMILES string of the molecule is O[C@H]1COCCN(c2nc3ccccc3o2)C1. The van der Waals surface area contributed by atoms with Crippen molar-refractivity contribution in [2.45, 2.75) is 6.10 Å². The summed E-state index contributed by atoms with van der Waals surface area (Å²) in [5.74, 6) is 0. The van der Waals surface area contributed by atoms with Crippen molar-refractivity contribution in [2.75, 3.05) is 31.2 Å². The van der Waals surface area contributed by atoms with Gasteiger partial charge in [-0.25, -0.2) is 0 Å². The molecule has 1 saturated heterocycles. The van der Waals surface area contributed by atoms with E-state index in [0.717, 1.165) is 11.1 Å². The molecule has 1 atom stereocenters. The molecule has 0 spiro atoms. The fourth-order valence-corrected chi connectivity index (χ4v) is 1.96. The van der Waals surface area contributed by atoms with Crippen LogP contribution in [0.5, 0.6) is 0 Å². The third-order valence-corrected chi connectivity index (χ3v) is 2.80. The van der Waals surface area contributed by atoms with Gasteiger partial charge < -0.3 is 19.2 Å². The van der Waals surface area contributed by atoms with Gasteiger partial charge in [0.1, 0.15) is 5.52 Å². The molecule has 90 valence electrons. The van der Waals surface area contributed by atoms with Gasteiger partial charge in [0.05, 0.1) is 25.9 Å². The number of aliphatic hydroxyl groups excluding tert-OH is 1. The van der Waals surface area contributed by atoms with Crippen LogP contribution >= 0.6 is 0 Å². The number of β-amino-alcohol motifs (C(OH)–C–C–N with tert-alkyl or cyclic N) is 1. The van der Waals surface area contributed by atoms with Crippen LogP contribution in [-0.2, 0) is 4.74 Å². The minimum atomic E-state index is -0.493. The van der Waals surface area contributed by atoms with E-state index in [1.807, 2.05) is 29.2 Å². The molecule has 3 rings (SSSR count). The molecular weight excluding hydrogens is 220 g/mol. The molecular formula is C12H14N2O3. The smallest absolute Gasteiger partial charge is 0.298 e. The molecule has 0 aliphatic carbocycles. The van der Waals surface area contributed by atoms with Crippen LogP contribution in [0.25, 0.3) is 11.1 Å². The highest BCUT2D eigenvalue weighted by Crippen LogP contribution is 2.22. The first-order valence-electron chi connectivity index (χ1n) is 5.69. The summed E-state index contributed by atoms with van der Waals surface area (Å²) in [4.78, 5) is 6.32. The number of hydrogen-bond acceptors (Lipinski definition) is 5. The maximum Gasteiger partial charge on any atom is 0.298 e. The molecule has 17 heavy (non-hydrogen) atoms. The van der Waals surface area contributed by atoms with Gasteiger partial charge in [-0.1, -0.05) is 12.1 Å². The van der Waals surface area contributed by atoms with Gasteiger partial charge in [0.2, 0.25) is 0 Å². The van der Waals surface area contributed by atoms with E-state index >= 15 is 0 Å². The molecule has 1 aliphatic heterocycles. The minimum Gasteiger partial charge on any atom is -0.423 e. The molecule has 1 fully saturated rings. The van der Waals surface area contributed by atoms with Gasteiger partial charge in [-0.15, -0.1) is 0 Å². The average Bonchev–Trinajstić information content (AvgIpc) is 2.65. The highest BCUT2D eigenvalue weighted by atomic mass is 16.5. The monoisotopic (exact) mass is 234 g/mol. The van der Waals surface area contributed by atoms with Gasteiger partial charge in [-0.3, -0.25) is 0 Å². The molecule has 1 aromatic heterocycles. The van der Waals surface area contributed by atoms with Crippen LogP contribution in [0, 0.1) is 0 Å². The maximum absolute atomic E-state index is 9.66. The van der Waals surface area contributed by atoms with Crippen molar-refractivity contribution in [1.82, 2.24) is 4.98 Å². The predicted molar refractivity (Wildman–Crippen MR) is 63.0 cm³/mol. The van der Waals surface area contributed by atoms with Crippen molar-refractivity contribution >= 4 is 17.1 Å². The van der Waals surface area contributed by atoms with Gasteiger partial charge in [0.15, 0.2) is 5.58 Å². The van der Waals surface area contributed by atoms with Crippen LogP contribution in [0.15, 0.2) is 28.7 Å². The first-order valence-corrected chi connectivity index (χ1v) is 5.69. The first-order chi connectivity index (χ1) is 8.33. The highest BCUT2D eigenvalue weighted by Gasteiger charge is 2.20. The van der Waals surface area contributed by atoms with E-state index in [1.165, 1.54) is 0 Å². The molecule has 0 saturated carbocycles. The molecule has 0 bridgehead atoms. The van der Waals surface area contributed by atoms with E-state index in [1.54, 1.807) is 0 Å². The number of fused-ring (bicyclic) bond motifs is 1. The van der Waals surface area contributed by atoms with E-state index in [9.17, 15) is 5.11 Å². The van der Waals surface area contributed by atoms with Crippen molar-refractivity contribution < 1.29 is 14.3 Å². The second-order valence-corrected chi connectivity index (χ2v) is 4.14. The van der Waals surface area contributed by atoms with E-state index in [0.29, 0.717) is 32.3 Å². The number of benzene rings is 1. The van der Waals surface area contributed by atoms with Crippen LogP contribution in [0.1, 0.15) is 0 Å². The number of ether oxygens (including phenoxy) is 1. The molecule has 2 aromatic rings. The quantitative estimate of drug-likeness (QED) is 0.798. The number of rotatable bonds is 1. The highest BCUT2D eigenvalue weighted by molar-refractivity contribution is 5.74. The number of aromatic nitrogens is 1. The topological polar surface area (TPSA) is 58.7 Å². The van der Waals surface area contributed by atoms with Crippen LogP contribution in [0.2, 0.25) is 0 Å². The van der Waals surface area contributed by atoms with E-state index in [2.05, 4.69) is 4.98 Å². The number of oxazole rings is 1. The second kappa shape index (κ2) is 4.35. The molecule has 1 aliphatic rings. The summed E-state index contributed by atoms with van der Waals surface area (Å²) in [5.41, 5.74) is 1.60. The third-order valence-electron chi connectivity index (χ3n) is 2.80. The van der Waals surface area contributed by atoms with Gasteiger partial charge in [-0.2, -0.15) is 4.98 Å². The summed E-state index contributed by atoms with van der Waals surface area (Å²) in [5, 5.41) is 9.66. The van der Waals surface area contributed by atoms with Crippen molar-refractivity contribution in [3.05, 3.63) is 24.3 Å². The van der Waals surface area contributed by atoms with E-state index < -0.39 is 6.10 Å². The average molecular weight is 234 g/mol. The Morgan fingerprint density at radius 2 is 2.24 bits per heavy atom. The second-order valence-electron chi connectivity index (χ2n) is 4.14. The number of nitrogens with zero attached hydrogens (tertiary/aromatic N) is 2. The lowest BCUT2D eigenvalue weighted by molar-refractivity contribution is 0.0596. The molecule has 5 nitrogen and oxygen atoms in total. The zero-order valence-electron chi connectivity index (χ0n) is 9.37. The molecule has 1 N–H and O–H groups in total. The Bertz CT molecular complexity index is 478. The summed E-state index contributed by atoms with van der Waals surface area (Å²) < 4.78 is 10.9. The largest absolute Gasteiger partial charge is 0.423 e. The third kappa shape index (κ3) is 2.11. The minimum absolute atomic E-state index is 0.372. The Hall–Kier alpha value is -1.59. The number of anilines is 1.